The summed E-state index contributed by atoms with van der Waals surface area (Å²) < 4.78 is 22.3. The lowest BCUT2D eigenvalue weighted by Crippen LogP contribution is -2.05. The first-order valence-corrected chi connectivity index (χ1v) is 12.3. The third-order valence-corrected chi connectivity index (χ3v) is 11.4. The highest BCUT2D eigenvalue weighted by molar-refractivity contribution is 8.90. The van der Waals surface area contributed by atoms with E-state index in [1.165, 1.54) is 22.8 Å². The van der Waals surface area contributed by atoms with Crippen molar-refractivity contribution in [2.75, 3.05) is 36.8 Å². The van der Waals surface area contributed by atoms with Crippen LogP contribution in [-0.4, -0.2) is 48.7 Å². The van der Waals surface area contributed by atoms with Crippen molar-refractivity contribution in [1.82, 2.24) is 0 Å². The smallest absolute Gasteiger partial charge is 0.306 e. The number of ether oxygens (including phenoxy) is 2. The monoisotopic (exact) mass is 376 g/mol. The molecule has 0 spiro atoms. The van der Waals surface area contributed by atoms with Gasteiger partial charge in [-0.15, -0.1) is 11.6 Å². The number of alkyl halides is 1. The fourth-order valence-electron chi connectivity index (χ4n) is 1.27. The minimum absolute atomic E-state index is 0.225. The highest BCUT2D eigenvalue weighted by Crippen LogP contribution is 2.69. The first-order chi connectivity index (χ1) is 9.97. The Labute approximate surface area is 139 Å². The molecule has 0 aromatic carbocycles. The fraction of sp³-hybridized carbons (Fsp3) is 0.833. The number of halogens is 1. The molecule has 0 saturated carbocycles. The second kappa shape index (κ2) is 12.7. The molecule has 0 rings (SSSR count). The molecule has 0 aromatic rings. The van der Waals surface area contributed by atoms with E-state index >= 15 is 0 Å². The lowest BCUT2D eigenvalue weighted by Gasteiger charge is -2.15. The Morgan fingerprint density at radius 1 is 1.00 bits per heavy atom. The van der Waals surface area contributed by atoms with Crippen molar-refractivity contribution >= 4 is 51.8 Å². The summed E-state index contributed by atoms with van der Waals surface area (Å²) >= 11 is 8.18. The quantitative estimate of drug-likeness (QED) is 0.291. The van der Waals surface area contributed by atoms with Crippen molar-refractivity contribution in [3.8, 4) is 0 Å². The standard InChI is InChI=1S/C12H22ClO5PS2/c1-3-17-11(14)5-9-20-19(16,8-7-13)21-10-6-12(15)18-4-2/h3-10H2,1-2H3. The maximum atomic E-state index is 12.6. The van der Waals surface area contributed by atoms with Crippen LogP contribution in [0.3, 0.4) is 0 Å². The SMILES string of the molecule is CCOC(=O)CCSP(=O)(CCCl)SCCC(=O)OCC. The number of hydrogen-bond donors (Lipinski definition) is 0. The minimum atomic E-state index is -2.58. The van der Waals surface area contributed by atoms with E-state index in [0.717, 1.165) is 0 Å². The van der Waals surface area contributed by atoms with Gasteiger partial charge in [-0.05, 0) is 13.8 Å². The summed E-state index contributed by atoms with van der Waals surface area (Å²) in [5, 5.41) is 0. The largest absolute Gasteiger partial charge is 0.466 e. The van der Waals surface area contributed by atoms with Crippen molar-refractivity contribution in [1.29, 1.82) is 0 Å². The summed E-state index contributed by atoms with van der Waals surface area (Å²) in [6, 6.07) is 0. The molecule has 0 unspecified atom stereocenters. The molecule has 0 heterocycles. The summed E-state index contributed by atoms with van der Waals surface area (Å²) in [5.41, 5.74) is -2.58. The molecule has 0 aliphatic rings. The maximum Gasteiger partial charge on any atom is 0.306 e. The van der Waals surface area contributed by atoms with Gasteiger partial charge in [0.25, 0.3) is 0 Å². The van der Waals surface area contributed by atoms with Crippen LogP contribution >= 0.6 is 39.9 Å². The third-order valence-electron chi connectivity index (χ3n) is 2.16. The average molecular weight is 377 g/mol. The molecule has 0 N–H and O–H groups in total. The Bertz CT molecular complexity index is 340. The summed E-state index contributed by atoms with van der Waals surface area (Å²) in [6.07, 6.45) is 0.821. The molecular formula is C12H22ClO5PS2. The van der Waals surface area contributed by atoms with E-state index in [0.29, 0.717) is 30.9 Å². The zero-order valence-electron chi connectivity index (χ0n) is 12.3. The predicted molar refractivity (Wildman–Crippen MR) is 90.6 cm³/mol. The van der Waals surface area contributed by atoms with Gasteiger partial charge in [-0.1, -0.05) is 22.8 Å². The van der Waals surface area contributed by atoms with E-state index in [4.69, 9.17) is 21.1 Å². The second-order valence-corrected chi connectivity index (χ2v) is 13.0. The van der Waals surface area contributed by atoms with Gasteiger partial charge in [0.15, 0.2) is 5.55 Å². The van der Waals surface area contributed by atoms with Gasteiger partial charge < -0.3 is 14.0 Å². The molecule has 0 fully saturated rings. The van der Waals surface area contributed by atoms with Crippen molar-refractivity contribution in [3.63, 3.8) is 0 Å². The normalized spacial score (nSPS) is 11.2. The van der Waals surface area contributed by atoms with E-state index in [-0.39, 0.29) is 30.7 Å². The van der Waals surface area contributed by atoms with Crippen LogP contribution in [0.25, 0.3) is 0 Å². The van der Waals surface area contributed by atoms with Crippen molar-refractivity contribution < 1.29 is 23.6 Å². The molecule has 0 radical (unpaired) electrons. The number of esters is 2. The zero-order chi connectivity index (χ0) is 16.1. The van der Waals surface area contributed by atoms with Crippen LogP contribution in [0.2, 0.25) is 0 Å². The van der Waals surface area contributed by atoms with Gasteiger partial charge in [0.05, 0.1) is 26.1 Å². The maximum absolute atomic E-state index is 12.6. The van der Waals surface area contributed by atoms with Crippen molar-refractivity contribution in [3.05, 3.63) is 0 Å². The Morgan fingerprint density at radius 3 is 1.76 bits per heavy atom. The average Bonchev–Trinajstić information content (AvgIpc) is 2.39. The lowest BCUT2D eigenvalue weighted by molar-refractivity contribution is -0.143. The van der Waals surface area contributed by atoms with E-state index in [9.17, 15) is 14.2 Å². The van der Waals surface area contributed by atoms with E-state index in [1.807, 2.05) is 0 Å². The molecule has 0 amide bonds. The molecule has 0 atom stereocenters. The van der Waals surface area contributed by atoms with Gasteiger partial charge in [0.2, 0.25) is 0 Å². The van der Waals surface area contributed by atoms with Crippen molar-refractivity contribution in [2.45, 2.75) is 26.7 Å². The molecule has 0 aliphatic carbocycles. The molecular weight excluding hydrogens is 355 g/mol. The molecule has 0 aliphatic heterocycles. The third kappa shape index (κ3) is 11.4. The number of carbonyl (C=O) groups is 2. The summed E-state index contributed by atoms with van der Waals surface area (Å²) in [5.74, 6) is 0.562. The number of rotatable bonds is 12. The van der Waals surface area contributed by atoms with E-state index in [1.54, 1.807) is 13.8 Å². The van der Waals surface area contributed by atoms with Crippen molar-refractivity contribution in [2.24, 2.45) is 0 Å². The first-order valence-electron chi connectivity index (χ1n) is 6.72. The molecule has 0 bridgehead atoms. The van der Waals surface area contributed by atoms with E-state index in [2.05, 4.69) is 0 Å². The van der Waals surface area contributed by atoms with Crippen LogP contribution in [0, 0.1) is 0 Å². The molecule has 124 valence electrons. The highest BCUT2D eigenvalue weighted by atomic mass is 35.5. The topological polar surface area (TPSA) is 69.7 Å². The summed E-state index contributed by atoms with van der Waals surface area (Å²) in [7, 11) is 0. The van der Waals surface area contributed by atoms with Gasteiger partial charge in [-0.3, -0.25) is 9.59 Å². The molecule has 9 heteroatoms. The van der Waals surface area contributed by atoms with E-state index < -0.39 is 5.55 Å². The second-order valence-electron chi connectivity index (χ2n) is 3.80. The van der Waals surface area contributed by atoms with Crippen LogP contribution in [0.4, 0.5) is 0 Å². The predicted octanol–water partition coefficient (Wildman–Crippen LogP) is 3.79. The van der Waals surface area contributed by atoms with Crippen LogP contribution in [0.15, 0.2) is 0 Å². The lowest BCUT2D eigenvalue weighted by atomic mass is 10.5. The van der Waals surface area contributed by atoms with Gasteiger partial charge in [-0.25, -0.2) is 0 Å². The summed E-state index contributed by atoms with van der Waals surface area (Å²) in [4.78, 5) is 22.5. The number of hydrogen-bond acceptors (Lipinski definition) is 7. The molecule has 5 nitrogen and oxygen atoms in total. The van der Waals surface area contributed by atoms with Gasteiger partial charge in [0.1, 0.15) is 0 Å². The Balaban J connectivity index is 4.13. The first kappa shape index (κ1) is 21.2. The Morgan fingerprint density at radius 2 is 1.43 bits per heavy atom. The van der Waals surface area contributed by atoms with Gasteiger partial charge >= 0.3 is 11.9 Å². The minimum Gasteiger partial charge on any atom is -0.466 e. The van der Waals surface area contributed by atoms with Gasteiger partial charge in [-0.2, -0.15) is 0 Å². The fourth-order valence-corrected chi connectivity index (χ4v) is 9.97. The Kier molecular flexibility index (Phi) is 12.8. The molecule has 21 heavy (non-hydrogen) atoms. The van der Waals surface area contributed by atoms with Crippen LogP contribution in [0.5, 0.6) is 0 Å². The van der Waals surface area contributed by atoms with Crippen LogP contribution < -0.4 is 0 Å². The summed E-state index contributed by atoms with van der Waals surface area (Å²) in [6.45, 7) is 4.18. The number of carbonyl (C=O) groups excluding carboxylic acids is 2. The zero-order valence-corrected chi connectivity index (χ0v) is 15.6. The molecule has 0 aromatic heterocycles. The molecule has 0 saturated heterocycles. The Hall–Kier alpha value is 0.160. The van der Waals surface area contributed by atoms with Gasteiger partial charge in [0, 0.05) is 23.5 Å². The highest BCUT2D eigenvalue weighted by Gasteiger charge is 2.24. The van der Waals surface area contributed by atoms with Crippen LogP contribution in [-0.2, 0) is 23.6 Å². The van der Waals surface area contributed by atoms with Crippen LogP contribution in [0.1, 0.15) is 26.7 Å².